The molecule has 0 atom stereocenters. The van der Waals surface area contributed by atoms with Crippen molar-refractivity contribution in [3.05, 3.63) is 23.8 Å². The van der Waals surface area contributed by atoms with Crippen LogP contribution in [0, 0.1) is 0 Å². The van der Waals surface area contributed by atoms with Gasteiger partial charge in [-0.1, -0.05) is 12.2 Å². The fourth-order valence-corrected chi connectivity index (χ4v) is 2.38. The van der Waals surface area contributed by atoms with Crippen LogP contribution in [0.15, 0.2) is 23.8 Å². The maximum atomic E-state index is 6.08. The standard InChI is InChI=1S/C14H22BNO2/c1-13(2)14(3,4)18-15(17-13)11-6-5-9-16(10-11)12-7-8-12/h5-6,10,12H,7-9H2,1-4H3. The normalized spacial score (nSPS) is 29.7. The fourth-order valence-electron chi connectivity index (χ4n) is 2.38. The molecule has 0 radical (unpaired) electrons. The summed E-state index contributed by atoms with van der Waals surface area (Å²) in [7, 11) is -0.229. The van der Waals surface area contributed by atoms with Gasteiger partial charge in [0, 0.05) is 12.6 Å². The molecular weight excluding hydrogens is 225 g/mol. The third-order valence-corrected chi connectivity index (χ3v) is 4.48. The minimum atomic E-state index is -0.256. The molecule has 3 aliphatic rings. The predicted molar refractivity (Wildman–Crippen MR) is 73.0 cm³/mol. The average molecular weight is 247 g/mol. The topological polar surface area (TPSA) is 21.7 Å². The summed E-state index contributed by atoms with van der Waals surface area (Å²) >= 11 is 0. The van der Waals surface area contributed by atoms with Crippen molar-refractivity contribution in [3.63, 3.8) is 0 Å². The smallest absolute Gasteiger partial charge is 0.399 e. The van der Waals surface area contributed by atoms with E-state index in [1.807, 2.05) is 0 Å². The van der Waals surface area contributed by atoms with Gasteiger partial charge in [0.05, 0.1) is 11.2 Å². The maximum Gasteiger partial charge on any atom is 0.496 e. The Balaban J connectivity index is 1.78. The highest BCUT2D eigenvalue weighted by molar-refractivity contribution is 6.55. The minimum absolute atomic E-state index is 0.229. The van der Waals surface area contributed by atoms with Crippen molar-refractivity contribution in [2.45, 2.75) is 57.8 Å². The van der Waals surface area contributed by atoms with E-state index in [0.717, 1.165) is 18.1 Å². The van der Waals surface area contributed by atoms with Crippen molar-refractivity contribution in [2.24, 2.45) is 0 Å². The van der Waals surface area contributed by atoms with Crippen molar-refractivity contribution < 1.29 is 9.31 Å². The van der Waals surface area contributed by atoms with E-state index in [1.54, 1.807) is 0 Å². The fraction of sp³-hybridized carbons (Fsp3) is 0.714. The van der Waals surface area contributed by atoms with Crippen LogP contribution in [-0.2, 0) is 9.31 Å². The SMILES string of the molecule is CC1(C)OB(C2=CN(C3CC3)CC=C2)OC1(C)C. The lowest BCUT2D eigenvalue weighted by molar-refractivity contribution is 0.00578. The van der Waals surface area contributed by atoms with Crippen molar-refractivity contribution in [1.82, 2.24) is 4.90 Å². The first-order valence-electron chi connectivity index (χ1n) is 6.89. The monoisotopic (exact) mass is 247 g/mol. The zero-order valence-corrected chi connectivity index (χ0v) is 11.8. The van der Waals surface area contributed by atoms with E-state index in [0.29, 0.717) is 0 Å². The van der Waals surface area contributed by atoms with Gasteiger partial charge in [-0.15, -0.1) is 0 Å². The third kappa shape index (κ3) is 2.01. The van der Waals surface area contributed by atoms with Crippen LogP contribution in [0.1, 0.15) is 40.5 Å². The molecule has 2 heterocycles. The van der Waals surface area contributed by atoms with Gasteiger partial charge < -0.3 is 14.2 Å². The van der Waals surface area contributed by atoms with Crippen molar-refractivity contribution >= 4 is 7.12 Å². The molecule has 0 N–H and O–H groups in total. The van der Waals surface area contributed by atoms with E-state index >= 15 is 0 Å². The van der Waals surface area contributed by atoms with Crippen LogP contribution >= 0.6 is 0 Å². The number of rotatable bonds is 2. The summed E-state index contributed by atoms with van der Waals surface area (Å²) in [5, 5.41) is 0. The van der Waals surface area contributed by atoms with Gasteiger partial charge in [-0.2, -0.15) is 0 Å². The quantitative estimate of drug-likeness (QED) is 0.700. The van der Waals surface area contributed by atoms with Gasteiger partial charge in [-0.3, -0.25) is 0 Å². The first-order valence-corrected chi connectivity index (χ1v) is 6.89. The molecule has 1 saturated heterocycles. The van der Waals surface area contributed by atoms with Gasteiger partial charge in [0.2, 0.25) is 0 Å². The molecule has 0 aromatic heterocycles. The van der Waals surface area contributed by atoms with Crippen LogP contribution in [0.25, 0.3) is 0 Å². The van der Waals surface area contributed by atoms with Gasteiger partial charge in [0.1, 0.15) is 0 Å². The zero-order valence-electron chi connectivity index (χ0n) is 11.8. The van der Waals surface area contributed by atoms with Gasteiger partial charge in [0.15, 0.2) is 0 Å². The van der Waals surface area contributed by atoms with E-state index in [-0.39, 0.29) is 18.3 Å². The molecule has 0 aromatic carbocycles. The van der Waals surface area contributed by atoms with Gasteiger partial charge in [-0.25, -0.2) is 0 Å². The van der Waals surface area contributed by atoms with Crippen molar-refractivity contribution in [1.29, 1.82) is 0 Å². The summed E-state index contributed by atoms with van der Waals surface area (Å²) in [6, 6.07) is 0.743. The summed E-state index contributed by atoms with van der Waals surface area (Å²) in [5.41, 5.74) is 0.634. The highest BCUT2D eigenvalue weighted by Crippen LogP contribution is 2.39. The number of hydrogen-bond acceptors (Lipinski definition) is 3. The molecule has 0 bridgehead atoms. The molecular formula is C14H22BNO2. The molecule has 2 fully saturated rings. The van der Waals surface area contributed by atoms with Gasteiger partial charge in [-0.05, 0) is 52.2 Å². The Bertz CT molecular complexity index is 394. The van der Waals surface area contributed by atoms with Crippen LogP contribution in [0.5, 0.6) is 0 Å². The molecule has 1 aliphatic carbocycles. The molecule has 0 unspecified atom stereocenters. The highest BCUT2D eigenvalue weighted by atomic mass is 16.7. The Hall–Kier alpha value is -0.735. The second-order valence-electron chi connectivity index (χ2n) is 6.55. The molecule has 0 spiro atoms. The number of nitrogens with zero attached hydrogens (tertiary/aromatic N) is 1. The summed E-state index contributed by atoms with van der Waals surface area (Å²) < 4.78 is 12.2. The lowest BCUT2D eigenvalue weighted by Crippen LogP contribution is -2.41. The zero-order chi connectivity index (χ0) is 13.0. The Labute approximate surface area is 110 Å². The second-order valence-corrected chi connectivity index (χ2v) is 6.55. The second kappa shape index (κ2) is 3.88. The first kappa shape index (κ1) is 12.3. The molecule has 0 aromatic rings. The highest BCUT2D eigenvalue weighted by Gasteiger charge is 2.52. The van der Waals surface area contributed by atoms with Gasteiger partial charge in [0.25, 0.3) is 0 Å². The van der Waals surface area contributed by atoms with E-state index < -0.39 is 0 Å². The van der Waals surface area contributed by atoms with Crippen LogP contribution in [-0.4, -0.2) is 35.8 Å². The molecule has 98 valence electrons. The lowest BCUT2D eigenvalue weighted by atomic mass is 9.77. The Morgan fingerprint density at radius 3 is 2.33 bits per heavy atom. The molecule has 3 nitrogen and oxygen atoms in total. The molecule has 0 amide bonds. The van der Waals surface area contributed by atoms with Crippen molar-refractivity contribution in [2.75, 3.05) is 6.54 Å². The Kier molecular flexibility index (Phi) is 2.65. The molecule has 3 rings (SSSR count). The van der Waals surface area contributed by atoms with Gasteiger partial charge >= 0.3 is 7.12 Å². The van der Waals surface area contributed by atoms with Crippen LogP contribution in [0.4, 0.5) is 0 Å². The van der Waals surface area contributed by atoms with Crippen LogP contribution in [0.2, 0.25) is 0 Å². The summed E-state index contributed by atoms with van der Waals surface area (Å²) in [6.07, 6.45) is 9.21. The van der Waals surface area contributed by atoms with E-state index in [4.69, 9.17) is 9.31 Å². The number of hydrogen-bond donors (Lipinski definition) is 0. The Morgan fingerprint density at radius 1 is 1.17 bits per heavy atom. The van der Waals surface area contributed by atoms with E-state index in [2.05, 4.69) is 50.9 Å². The summed E-state index contributed by atoms with van der Waals surface area (Å²) in [5.74, 6) is 0. The molecule has 4 heteroatoms. The minimum Gasteiger partial charge on any atom is -0.399 e. The van der Waals surface area contributed by atoms with E-state index in [9.17, 15) is 0 Å². The first-order chi connectivity index (χ1) is 8.39. The maximum absolute atomic E-state index is 6.08. The molecule has 2 aliphatic heterocycles. The third-order valence-electron chi connectivity index (χ3n) is 4.48. The van der Waals surface area contributed by atoms with E-state index in [1.165, 1.54) is 12.8 Å². The van der Waals surface area contributed by atoms with Crippen molar-refractivity contribution in [3.8, 4) is 0 Å². The summed E-state index contributed by atoms with van der Waals surface area (Å²) in [4.78, 5) is 2.40. The lowest BCUT2D eigenvalue weighted by Gasteiger charge is -2.32. The molecule has 1 saturated carbocycles. The predicted octanol–water partition coefficient (Wildman–Crippen LogP) is 2.54. The number of allylic oxidation sites excluding steroid dienone is 2. The van der Waals surface area contributed by atoms with Crippen LogP contribution < -0.4 is 0 Å². The molecule has 18 heavy (non-hydrogen) atoms. The average Bonchev–Trinajstić information content (AvgIpc) is 3.08. The largest absolute Gasteiger partial charge is 0.496 e. The van der Waals surface area contributed by atoms with Crippen LogP contribution in [0.3, 0.4) is 0 Å². The Morgan fingerprint density at radius 2 is 1.78 bits per heavy atom. The summed E-state index contributed by atoms with van der Waals surface area (Å²) in [6.45, 7) is 9.41.